The molecule has 1 aliphatic rings. The van der Waals surface area contributed by atoms with E-state index in [1.165, 1.54) is 16.7 Å². The highest BCUT2D eigenvalue weighted by Crippen LogP contribution is 2.40. The Morgan fingerprint density at radius 3 is 1.79 bits per heavy atom. The van der Waals surface area contributed by atoms with E-state index in [2.05, 4.69) is 96.7 Å². The van der Waals surface area contributed by atoms with E-state index in [4.69, 9.17) is 13.9 Å². The fourth-order valence-electron chi connectivity index (χ4n) is 7.50. The lowest BCUT2D eigenvalue weighted by molar-refractivity contribution is -0.383. The van der Waals surface area contributed by atoms with Gasteiger partial charge < -0.3 is 24.1 Å². The number of rotatable bonds is 14. The molecule has 11 heteroatoms. The molecule has 0 bridgehead atoms. The lowest BCUT2D eigenvalue weighted by Gasteiger charge is -2.46. The van der Waals surface area contributed by atoms with E-state index in [9.17, 15) is 10.1 Å². The average molecular weight is 732 g/mol. The summed E-state index contributed by atoms with van der Waals surface area (Å²) >= 11 is 0. The summed E-state index contributed by atoms with van der Waals surface area (Å²) in [5.41, 5.74) is 1.76. The van der Waals surface area contributed by atoms with Crippen LogP contribution in [-0.4, -0.2) is 49.6 Å². The minimum Gasteiger partial charge on any atom is -0.497 e. The lowest BCUT2D eigenvalue weighted by Crippen LogP contribution is -2.68. The van der Waals surface area contributed by atoms with Crippen molar-refractivity contribution in [3.8, 4) is 11.5 Å². The van der Waals surface area contributed by atoms with Crippen LogP contribution < -0.4 is 30.1 Å². The number of nitrogens with zero attached hydrogens (tertiary/aromatic N) is 4. The normalized spacial score (nSPS) is 16.1. The van der Waals surface area contributed by atoms with Gasteiger partial charge in [0.1, 0.15) is 17.8 Å². The van der Waals surface area contributed by atoms with Gasteiger partial charge >= 0.3 is 5.69 Å². The number of anilines is 2. The van der Waals surface area contributed by atoms with Crippen LogP contribution in [0.15, 0.2) is 116 Å². The maximum atomic E-state index is 12.9. The van der Waals surface area contributed by atoms with Crippen LogP contribution in [0.3, 0.4) is 0 Å². The first-order valence-electron chi connectivity index (χ1n) is 18.2. The van der Waals surface area contributed by atoms with E-state index >= 15 is 0 Å². The molecule has 2 unspecified atom stereocenters. The quantitative estimate of drug-likeness (QED) is 0.0692. The molecular formula is C42H49N5O5Si. The van der Waals surface area contributed by atoms with Crippen molar-refractivity contribution < 1.29 is 18.8 Å². The Hall–Kier alpha value is -5.26. The summed E-state index contributed by atoms with van der Waals surface area (Å²) in [5.74, 6) is 1.93. The summed E-state index contributed by atoms with van der Waals surface area (Å²) in [4.78, 5) is 23.5. The van der Waals surface area contributed by atoms with Crippen molar-refractivity contribution in [2.75, 3.05) is 24.4 Å². The average Bonchev–Trinajstić information content (AvgIpc) is 3.17. The van der Waals surface area contributed by atoms with Gasteiger partial charge in [0.05, 0.1) is 19.1 Å². The number of nitrogens with one attached hydrogen (secondary N) is 1. The third-order valence-electron chi connectivity index (χ3n) is 10.1. The van der Waals surface area contributed by atoms with Gasteiger partial charge in [-0.15, -0.1) is 0 Å². The molecule has 0 aliphatic heterocycles. The Labute approximate surface area is 313 Å². The number of hydrogen-bond acceptors (Lipinski definition) is 9. The van der Waals surface area contributed by atoms with Crippen molar-refractivity contribution >= 4 is 36.0 Å². The van der Waals surface area contributed by atoms with Crippen LogP contribution in [0.25, 0.3) is 0 Å². The second-order valence-corrected chi connectivity index (χ2v) is 18.9. The van der Waals surface area contributed by atoms with Crippen molar-refractivity contribution in [1.82, 2.24) is 9.97 Å². The largest absolute Gasteiger partial charge is 0.497 e. The van der Waals surface area contributed by atoms with Crippen molar-refractivity contribution in [2.45, 2.75) is 76.7 Å². The Morgan fingerprint density at radius 1 is 0.792 bits per heavy atom. The summed E-state index contributed by atoms with van der Waals surface area (Å²) < 4.78 is 18.2. The zero-order valence-electron chi connectivity index (χ0n) is 31.2. The molecule has 1 aliphatic carbocycles. The lowest BCUT2D eigenvalue weighted by atomic mass is 9.93. The zero-order valence-corrected chi connectivity index (χ0v) is 32.2. The van der Waals surface area contributed by atoms with Gasteiger partial charge in [-0.25, -0.2) is 9.97 Å². The van der Waals surface area contributed by atoms with Gasteiger partial charge in [-0.2, -0.15) is 0 Å². The molecular weight excluding hydrogens is 683 g/mol. The molecule has 0 radical (unpaired) electrons. The van der Waals surface area contributed by atoms with Crippen LogP contribution in [0.1, 0.15) is 57.6 Å². The van der Waals surface area contributed by atoms with E-state index in [-0.39, 0.29) is 39.4 Å². The summed E-state index contributed by atoms with van der Waals surface area (Å²) in [7, 11) is 0.468. The Morgan fingerprint density at radius 2 is 1.32 bits per heavy atom. The number of ether oxygens (including phenoxy) is 2. The number of methoxy groups -OCH3 is 2. The fraction of sp³-hybridized carbons (Fsp3) is 0.333. The summed E-state index contributed by atoms with van der Waals surface area (Å²) in [6.07, 6.45) is 4.75. The number of nitro groups is 1. The van der Waals surface area contributed by atoms with Crippen molar-refractivity contribution in [3.05, 3.63) is 137 Å². The molecule has 2 atom stereocenters. The highest BCUT2D eigenvalue weighted by atomic mass is 28.4. The monoisotopic (exact) mass is 731 g/mol. The third kappa shape index (κ3) is 8.53. The minimum atomic E-state index is -2.78. The molecule has 0 spiro atoms. The Kier molecular flexibility index (Phi) is 11.7. The molecule has 1 N–H and O–H groups in total. The Bertz CT molecular complexity index is 1850. The molecule has 10 nitrogen and oxygen atoms in total. The SMILES string of the molecule is COc1ccc(CN(Cc2ccc(OC)cc2)c2ncnc(NC3CCCC(O[Si](c4ccccc4)(c4ccccc4)C(C)(C)C)C3)c2[N+](=O)[O-])cc1. The van der Waals surface area contributed by atoms with Crippen molar-refractivity contribution in [2.24, 2.45) is 0 Å². The smallest absolute Gasteiger partial charge is 0.353 e. The summed E-state index contributed by atoms with van der Waals surface area (Å²) in [6.45, 7) is 7.61. The Balaban J connectivity index is 1.30. The number of benzene rings is 4. The standard InChI is InChI=1S/C42H49N5O5Si/c1-42(2,3)53(37-15-8-6-9-16-37,38-17-10-7-11-18-38)52-36-14-12-13-33(27-36)45-40-39(47(48)49)41(44-30-43-40)46(28-31-19-23-34(50-4)24-20-31)29-32-21-25-35(51-5)26-22-32/h6-11,15-26,30,33,36H,12-14,27-29H2,1-5H3,(H,43,44,45). The van der Waals surface area contributed by atoms with Crippen LogP contribution in [0.2, 0.25) is 5.04 Å². The topological polar surface area (TPSA) is 112 Å². The number of hydrogen-bond donors (Lipinski definition) is 1. The minimum absolute atomic E-state index is 0.0467. The van der Waals surface area contributed by atoms with Crippen molar-refractivity contribution in [1.29, 1.82) is 0 Å². The molecule has 1 fully saturated rings. The van der Waals surface area contributed by atoms with Crippen LogP contribution >= 0.6 is 0 Å². The highest BCUT2D eigenvalue weighted by molar-refractivity contribution is 6.99. The van der Waals surface area contributed by atoms with Gasteiger partial charge in [0.15, 0.2) is 0 Å². The zero-order chi connectivity index (χ0) is 37.4. The molecule has 53 heavy (non-hydrogen) atoms. The second kappa shape index (κ2) is 16.6. The van der Waals surface area contributed by atoms with E-state index in [1.54, 1.807) is 14.2 Å². The van der Waals surface area contributed by atoms with Crippen molar-refractivity contribution in [3.63, 3.8) is 0 Å². The number of aromatic nitrogens is 2. The predicted octanol–water partition coefficient (Wildman–Crippen LogP) is 7.91. The van der Waals surface area contributed by atoms with Gasteiger partial charge in [-0.1, -0.05) is 106 Å². The van der Waals surface area contributed by atoms with Gasteiger partial charge in [-0.3, -0.25) is 10.1 Å². The molecule has 6 rings (SSSR count). The predicted molar refractivity (Wildman–Crippen MR) is 213 cm³/mol. The summed E-state index contributed by atoms with van der Waals surface area (Å²) in [6, 6.07) is 36.6. The molecule has 1 heterocycles. The van der Waals surface area contributed by atoms with E-state index in [0.717, 1.165) is 41.9 Å². The van der Waals surface area contributed by atoms with Crippen LogP contribution in [-0.2, 0) is 17.5 Å². The van der Waals surface area contributed by atoms with Gasteiger partial charge in [0.2, 0.25) is 11.6 Å². The molecule has 1 aromatic heterocycles. The van der Waals surface area contributed by atoms with Gasteiger partial charge in [0.25, 0.3) is 8.32 Å². The first-order valence-corrected chi connectivity index (χ1v) is 20.1. The van der Waals surface area contributed by atoms with Crippen LogP contribution in [0.5, 0.6) is 11.5 Å². The van der Waals surface area contributed by atoms with Gasteiger partial charge in [0, 0.05) is 25.2 Å². The molecule has 5 aromatic rings. The molecule has 4 aromatic carbocycles. The fourth-order valence-corrected chi connectivity index (χ4v) is 12.2. The third-order valence-corrected chi connectivity index (χ3v) is 15.2. The van der Waals surface area contributed by atoms with Crippen LogP contribution in [0.4, 0.5) is 17.3 Å². The molecule has 276 valence electrons. The second-order valence-electron chi connectivity index (χ2n) is 14.6. The maximum absolute atomic E-state index is 12.9. The van der Waals surface area contributed by atoms with Gasteiger partial charge in [-0.05, 0) is 76.5 Å². The molecule has 0 saturated heterocycles. The van der Waals surface area contributed by atoms with E-state index in [0.29, 0.717) is 19.5 Å². The first-order chi connectivity index (χ1) is 25.6. The van der Waals surface area contributed by atoms with Crippen LogP contribution in [0, 0.1) is 10.1 Å². The first kappa shape index (κ1) is 37.5. The van der Waals surface area contributed by atoms with E-state index in [1.807, 2.05) is 53.4 Å². The maximum Gasteiger partial charge on any atom is 0.353 e. The highest BCUT2D eigenvalue weighted by Gasteiger charge is 2.51. The van der Waals surface area contributed by atoms with E-state index < -0.39 is 8.32 Å². The molecule has 0 amide bonds. The summed E-state index contributed by atoms with van der Waals surface area (Å²) in [5, 5.41) is 18.8. The molecule has 1 saturated carbocycles.